The average molecular weight is 213 g/mol. The zero-order valence-electron chi connectivity index (χ0n) is 8.49. The maximum atomic E-state index is 5.91. The Labute approximate surface area is 91.5 Å². The molecule has 1 heterocycles. The van der Waals surface area contributed by atoms with Gasteiger partial charge in [0.15, 0.2) is 0 Å². The molecule has 0 saturated heterocycles. The Morgan fingerprint density at radius 1 is 1.43 bits per heavy atom. The van der Waals surface area contributed by atoms with Gasteiger partial charge >= 0.3 is 0 Å². The number of hydrogen-bond donors (Lipinski definition) is 1. The number of fused-ring (bicyclic) bond motifs is 1. The normalized spacial score (nSPS) is 15.8. The van der Waals surface area contributed by atoms with Gasteiger partial charge < -0.3 is 5.73 Å². The fourth-order valence-corrected chi connectivity index (χ4v) is 1.97. The Morgan fingerprint density at radius 3 is 2.93 bits per heavy atom. The Hall–Kier alpha value is -0.730. The average Bonchev–Trinajstić information content (AvgIpc) is 2.18. The largest absolute Gasteiger partial charge is 0.398 e. The van der Waals surface area contributed by atoms with E-state index in [1.807, 2.05) is 12.1 Å². The Balaban J connectivity index is 0.000000980. The molecule has 0 aliphatic carbocycles. The molecule has 0 fully saturated rings. The van der Waals surface area contributed by atoms with Crippen LogP contribution in [-0.2, 0) is 13.0 Å². The van der Waals surface area contributed by atoms with Gasteiger partial charge in [-0.25, -0.2) is 0 Å². The van der Waals surface area contributed by atoms with E-state index in [4.69, 9.17) is 5.73 Å². The predicted octanol–water partition coefficient (Wildman–Crippen LogP) is 2.07. The molecule has 0 aromatic heterocycles. The van der Waals surface area contributed by atoms with E-state index in [2.05, 4.69) is 17.9 Å². The minimum absolute atomic E-state index is 0. The lowest BCUT2D eigenvalue weighted by Gasteiger charge is -2.28. The molecular weight excluding hydrogens is 196 g/mol. The first kappa shape index (κ1) is 11.3. The van der Waals surface area contributed by atoms with Crippen molar-refractivity contribution in [3.05, 3.63) is 29.3 Å². The SMILES string of the molecule is CCN1CCc2c(N)cccc2C1.Cl. The number of halogens is 1. The number of anilines is 1. The van der Waals surface area contributed by atoms with E-state index in [9.17, 15) is 0 Å². The van der Waals surface area contributed by atoms with Crippen LogP contribution in [0, 0.1) is 0 Å². The molecule has 0 atom stereocenters. The zero-order valence-corrected chi connectivity index (χ0v) is 9.31. The van der Waals surface area contributed by atoms with Crippen molar-refractivity contribution in [1.29, 1.82) is 0 Å². The first-order chi connectivity index (χ1) is 6.31. The second kappa shape index (κ2) is 4.67. The number of nitrogens with two attached hydrogens (primary N) is 1. The van der Waals surface area contributed by atoms with Crippen LogP contribution >= 0.6 is 12.4 Å². The van der Waals surface area contributed by atoms with E-state index in [-0.39, 0.29) is 12.4 Å². The van der Waals surface area contributed by atoms with Gasteiger partial charge in [0.1, 0.15) is 0 Å². The van der Waals surface area contributed by atoms with Crippen LogP contribution in [0.15, 0.2) is 18.2 Å². The third kappa shape index (κ3) is 2.02. The Kier molecular flexibility index (Phi) is 3.78. The summed E-state index contributed by atoms with van der Waals surface area (Å²) < 4.78 is 0. The summed E-state index contributed by atoms with van der Waals surface area (Å²) in [7, 11) is 0. The summed E-state index contributed by atoms with van der Waals surface area (Å²) >= 11 is 0. The maximum Gasteiger partial charge on any atom is 0.0350 e. The molecule has 0 unspecified atom stereocenters. The van der Waals surface area contributed by atoms with Gasteiger partial charge in [-0.05, 0) is 30.2 Å². The van der Waals surface area contributed by atoms with Crippen molar-refractivity contribution in [2.45, 2.75) is 19.9 Å². The monoisotopic (exact) mass is 212 g/mol. The van der Waals surface area contributed by atoms with Crippen LogP contribution in [0.25, 0.3) is 0 Å². The molecular formula is C11H17ClN2. The molecule has 2 nitrogen and oxygen atoms in total. The highest BCUT2D eigenvalue weighted by atomic mass is 35.5. The molecule has 14 heavy (non-hydrogen) atoms. The van der Waals surface area contributed by atoms with Gasteiger partial charge in [0.25, 0.3) is 0 Å². The van der Waals surface area contributed by atoms with Gasteiger partial charge in [-0.1, -0.05) is 19.1 Å². The van der Waals surface area contributed by atoms with Crippen LogP contribution in [0.2, 0.25) is 0 Å². The lowest BCUT2D eigenvalue weighted by atomic mass is 9.98. The minimum atomic E-state index is 0. The van der Waals surface area contributed by atoms with Crippen molar-refractivity contribution in [2.75, 3.05) is 18.8 Å². The van der Waals surface area contributed by atoms with E-state index in [0.29, 0.717) is 0 Å². The molecule has 0 saturated carbocycles. The highest BCUT2D eigenvalue weighted by molar-refractivity contribution is 5.85. The summed E-state index contributed by atoms with van der Waals surface area (Å²) in [6.07, 6.45) is 1.11. The van der Waals surface area contributed by atoms with E-state index in [1.54, 1.807) is 0 Å². The number of benzene rings is 1. The quantitative estimate of drug-likeness (QED) is 0.723. The third-order valence-corrected chi connectivity index (χ3v) is 2.83. The second-order valence-corrected chi connectivity index (χ2v) is 3.60. The van der Waals surface area contributed by atoms with Crippen molar-refractivity contribution in [1.82, 2.24) is 4.90 Å². The summed E-state index contributed by atoms with van der Waals surface area (Å²) in [4.78, 5) is 2.45. The summed E-state index contributed by atoms with van der Waals surface area (Å²) in [5, 5.41) is 0. The van der Waals surface area contributed by atoms with Crippen LogP contribution in [0.4, 0.5) is 5.69 Å². The molecule has 1 aliphatic rings. The van der Waals surface area contributed by atoms with E-state index >= 15 is 0 Å². The number of likely N-dealkylation sites (N-methyl/N-ethyl adjacent to an activating group) is 1. The topological polar surface area (TPSA) is 29.3 Å². The number of nitrogen functional groups attached to an aromatic ring is 1. The highest BCUT2D eigenvalue weighted by Gasteiger charge is 2.15. The summed E-state index contributed by atoms with van der Waals surface area (Å²) in [5.74, 6) is 0. The Bertz CT molecular complexity index is 312. The fraction of sp³-hybridized carbons (Fsp3) is 0.455. The van der Waals surface area contributed by atoms with Crippen LogP contribution in [-0.4, -0.2) is 18.0 Å². The summed E-state index contributed by atoms with van der Waals surface area (Å²) in [6, 6.07) is 6.24. The van der Waals surface area contributed by atoms with Crippen LogP contribution in [0.3, 0.4) is 0 Å². The fourth-order valence-electron chi connectivity index (χ4n) is 1.97. The zero-order chi connectivity index (χ0) is 9.26. The smallest absolute Gasteiger partial charge is 0.0350 e. The van der Waals surface area contributed by atoms with Crippen molar-refractivity contribution >= 4 is 18.1 Å². The van der Waals surface area contributed by atoms with E-state index < -0.39 is 0 Å². The lowest BCUT2D eigenvalue weighted by molar-refractivity contribution is 0.268. The van der Waals surface area contributed by atoms with E-state index in [1.165, 1.54) is 11.1 Å². The highest BCUT2D eigenvalue weighted by Crippen LogP contribution is 2.23. The first-order valence-electron chi connectivity index (χ1n) is 4.90. The summed E-state index contributed by atoms with van der Waals surface area (Å²) in [5.41, 5.74) is 9.65. The number of hydrogen-bond acceptors (Lipinski definition) is 2. The van der Waals surface area contributed by atoms with Crippen molar-refractivity contribution in [2.24, 2.45) is 0 Å². The first-order valence-corrected chi connectivity index (χ1v) is 4.90. The molecule has 0 radical (unpaired) electrons. The molecule has 0 bridgehead atoms. The van der Waals surface area contributed by atoms with Gasteiger partial charge in [0.2, 0.25) is 0 Å². The molecule has 78 valence electrons. The van der Waals surface area contributed by atoms with Crippen molar-refractivity contribution in [3.63, 3.8) is 0 Å². The standard InChI is InChI=1S/C11H16N2.ClH/c1-2-13-7-6-10-9(8-13)4-3-5-11(10)12;/h3-5H,2,6-8,12H2,1H3;1H. The molecule has 0 spiro atoms. The minimum Gasteiger partial charge on any atom is -0.398 e. The molecule has 2 rings (SSSR count). The lowest BCUT2D eigenvalue weighted by Crippen LogP contribution is -2.30. The van der Waals surface area contributed by atoms with Crippen LogP contribution < -0.4 is 5.73 Å². The number of nitrogens with zero attached hydrogens (tertiary/aromatic N) is 1. The van der Waals surface area contributed by atoms with E-state index in [0.717, 1.165) is 31.7 Å². The van der Waals surface area contributed by atoms with Gasteiger partial charge in [-0.15, -0.1) is 12.4 Å². The molecule has 2 N–H and O–H groups in total. The molecule has 1 aliphatic heterocycles. The molecule has 1 aromatic carbocycles. The van der Waals surface area contributed by atoms with Gasteiger partial charge in [0, 0.05) is 18.8 Å². The van der Waals surface area contributed by atoms with Crippen molar-refractivity contribution in [3.8, 4) is 0 Å². The second-order valence-electron chi connectivity index (χ2n) is 3.60. The van der Waals surface area contributed by atoms with Gasteiger partial charge in [0.05, 0.1) is 0 Å². The molecule has 1 aromatic rings. The molecule has 0 amide bonds. The third-order valence-electron chi connectivity index (χ3n) is 2.83. The van der Waals surface area contributed by atoms with Crippen LogP contribution in [0.1, 0.15) is 18.1 Å². The molecule has 3 heteroatoms. The van der Waals surface area contributed by atoms with Crippen molar-refractivity contribution < 1.29 is 0 Å². The van der Waals surface area contributed by atoms with Gasteiger partial charge in [-0.3, -0.25) is 4.90 Å². The number of rotatable bonds is 1. The summed E-state index contributed by atoms with van der Waals surface area (Å²) in [6.45, 7) is 5.56. The predicted molar refractivity (Wildman–Crippen MR) is 62.8 cm³/mol. The Morgan fingerprint density at radius 2 is 2.21 bits per heavy atom. The van der Waals surface area contributed by atoms with Gasteiger partial charge in [-0.2, -0.15) is 0 Å². The maximum absolute atomic E-state index is 5.91. The van der Waals surface area contributed by atoms with Crippen LogP contribution in [0.5, 0.6) is 0 Å².